The SMILES string of the molecule is CC(C)(C)OC(=O)N1CCC(N)CC1.CC(C)Cc1cc2c(Cl)ncnc2s1.CC(C)Cc1cc2c(NC3CCN(C(=O)OC(C)(C)C)CC3)ncnc2s1. The average molecular weight is 818 g/mol. The third-order valence-corrected chi connectivity index (χ3v) is 11.0. The summed E-state index contributed by atoms with van der Waals surface area (Å²) >= 11 is 9.42. The van der Waals surface area contributed by atoms with Crippen molar-refractivity contribution < 1.29 is 19.1 Å². The van der Waals surface area contributed by atoms with E-state index in [0.29, 0.717) is 36.1 Å². The van der Waals surface area contributed by atoms with Gasteiger partial charge in [-0.2, -0.15) is 0 Å². The minimum atomic E-state index is -0.453. The summed E-state index contributed by atoms with van der Waals surface area (Å²) in [7, 11) is 0. The minimum Gasteiger partial charge on any atom is -0.444 e. The fourth-order valence-corrected chi connectivity index (χ4v) is 8.70. The van der Waals surface area contributed by atoms with Crippen molar-refractivity contribution in [2.75, 3.05) is 31.5 Å². The van der Waals surface area contributed by atoms with Gasteiger partial charge in [-0.3, -0.25) is 0 Å². The number of piperidine rings is 2. The zero-order valence-electron chi connectivity index (χ0n) is 34.3. The number of hydrogen-bond acceptors (Lipinski definition) is 12. The van der Waals surface area contributed by atoms with Crippen LogP contribution in [0.15, 0.2) is 24.8 Å². The second kappa shape index (κ2) is 19.7. The van der Waals surface area contributed by atoms with Gasteiger partial charge in [0.1, 0.15) is 44.5 Å². The van der Waals surface area contributed by atoms with E-state index < -0.39 is 11.2 Å². The largest absolute Gasteiger partial charge is 0.444 e. The predicted octanol–water partition coefficient (Wildman–Crippen LogP) is 9.59. The molecule has 0 aliphatic carbocycles. The Morgan fingerprint density at radius 3 is 1.65 bits per heavy atom. The molecule has 4 aromatic rings. The number of likely N-dealkylation sites (tertiary alicyclic amines) is 2. The summed E-state index contributed by atoms with van der Waals surface area (Å²) in [5, 5.41) is 6.22. The number of nitrogens with zero attached hydrogens (tertiary/aromatic N) is 6. The van der Waals surface area contributed by atoms with E-state index >= 15 is 0 Å². The molecule has 4 aromatic heterocycles. The van der Waals surface area contributed by atoms with Gasteiger partial charge in [-0.05, 0) is 104 Å². The van der Waals surface area contributed by atoms with Crippen LogP contribution in [0.4, 0.5) is 15.4 Å². The number of rotatable bonds is 6. The molecule has 12 nitrogen and oxygen atoms in total. The zero-order valence-corrected chi connectivity index (χ0v) is 36.7. The summed E-state index contributed by atoms with van der Waals surface area (Å²) in [6.07, 6.45) is 8.37. The number of anilines is 1. The smallest absolute Gasteiger partial charge is 0.410 e. The maximum absolute atomic E-state index is 12.2. The van der Waals surface area contributed by atoms with Gasteiger partial charge in [0, 0.05) is 53.4 Å². The highest BCUT2D eigenvalue weighted by Gasteiger charge is 2.28. The topological polar surface area (TPSA) is 149 Å². The molecule has 0 radical (unpaired) electrons. The molecule has 0 aromatic carbocycles. The van der Waals surface area contributed by atoms with Crippen molar-refractivity contribution in [2.24, 2.45) is 17.6 Å². The molecule has 0 atom stereocenters. The number of amides is 2. The third-order valence-electron chi connectivity index (χ3n) is 8.61. The first-order valence-electron chi connectivity index (χ1n) is 19.4. The van der Waals surface area contributed by atoms with Crippen molar-refractivity contribution in [1.82, 2.24) is 29.7 Å². The van der Waals surface area contributed by atoms with Gasteiger partial charge < -0.3 is 30.3 Å². The van der Waals surface area contributed by atoms with Crippen LogP contribution in [0, 0.1) is 11.8 Å². The molecule has 15 heteroatoms. The second-order valence-corrected chi connectivity index (χ2v) is 19.7. The standard InChI is InChI=1S/C20H30N4O2S.C10H11ClN2S.C10H20N2O2/c1-13(2)10-15-11-16-17(21-12-22-18(16)27-15)23-14-6-8-24(9-7-14)19(25)26-20(3,4)5;1-6(2)3-7-4-8-9(11)12-5-13-10(8)14-7;1-10(2,3)14-9(13)12-6-4-8(11)5-7-12/h11-14H,6-10H2,1-5H3,(H,21,22,23);4-6H,3H2,1-2H3;8H,4-7,11H2,1-3H3. The van der Waals surface area contributed by atoms with E-state index in [9.17, 15) is 9.59 Å². The average Bonchev–Trinajstić information content (AvgIpc) is 3.68. The van der Waals surface area contributed by atoms with Gasteiger partial charge in [0.15, 0.2) is 0 Å². The van der Waals surface area contributed by atoms with E-state index in [1.165, 1.54) is 16.1 Å². The van der Waals surface area contributed by atoms with Gasteiger partial charge in [-0.1, -0.05) is 39.3 Å². The van der Waals surface area contributed by atoms with E-state index in [1.807, 2.05) is 41.5 Å². The van der Waals surface area contributed by atoms with Crippen LogP contribution in [0.25, 0.3) is 20.4 Å². The summed E-state index contributed by atoms with van der Waals surface area (Å²) < 4.78 is 10.7. The number of carbonyl (C=O) groups is 2. The van der Waals surface area contributed by atoms with Crippen molar-refractivity contribution in [3.8, 4) is 0 Å². The van der Waals surface area contributed by atoms with Crippen molar-refractivity contribution in [1.29, 1.82) is 0 Å². The lowest BCUT2D eigenvalue weighted by Crippen LogP contribution is -2.44. The molecule has 2 saturated heterocycles. The Balaban J connectivity index is 0.000000202. The van der Waals surface area contributed by atoms with Crippen LogP contribution < -0.4 is 11.1 Å². The highest BCUT2D eigenvalue weighted by atomic mass is 35.5. The number of halogens is 1. The first-order chi connectivity index (χ1) is 25.8. The quantitative estimate of drug-likeness (QED) is 0.180. The number of thiophene rings is 2. The van der Waals surface area contributed by atoms with E-state index in [4.69, 9.17) is 26.8 Å². The molecule has 3 N–H and O–H groups in total. The van der Waals surface area contributed by atoms with Crippen LogP contribution in [-0.2, 0) is 22.3 Å². The molecule has 0 spiro atoms. The first-order valence-corrected chi connectivity index (χ1v) is 21.4. The summed E-state index contributed by atoms with van der Waals surface area (Å²) in [4.78, 5) is 49.1. The van der Waals surface area contributed by atoms with Crippen LogP contribution in [0.3, 0.4) is 0 Å². The lowest BCUT2D eigenvalue weighted by molar-refractivity contribution is 0.0197. The van der Waals surface area contributed by atoms with Gasteiger partial charge in [0.05, 0.1) is 5.39 Å². The maximum Gasteiger partial charge on any atom is 0.410 e. The van der Waals surface area contributed by atoms with Crippen LogP contribution in [0.1, 0.15) is 105 Å². The molecule has 2 aliphatic heterocycles. The molecular weight excluding hydrogens is 756 g/mol. The normalized spacial score (nSPS) is 15.8. The fraction of sp³-hybridized carbons (Fsp3) is 0.650. The Hall–Kier alpha value is -3.33. The van der Waals surface area contributed by atoms with Crippen molar-refractivity contribution in [3.63, 3.8) is 0 Å². The number of ether oxygens (including phenoxy) is 2. The summed E-state index contributed by atoms with van der Waals surface area (Å²) in [6.45, 7) is 23.0. The van der Waals surface area contributed by atoms with E-state index in [0.717, 1.165) is 77.9 Å². The van der Waals surface area contributed by atoms with Crippen LogP contribution in [0.2, 0.25) is 5.15 Å². The van der Waals surface area contributed by atoms with Crippen LogP contribution >= 0.6 is 34.3 Å². The molecule has 2 amide bonds. The van der Waals surface area contributed by atoms with Crippen LogP contribution in [-0.4, -0.2) is 91.4 Å². The number of carbonyl (C=O) groups excluding carboxylic acids is 2. The summed E-state index contributed by atoms with van der Waals surface area (Å²) in [6, 6.07) is 4.87. The van der Waals surface area contributed by atoms with Gasteiger partial charge in [-0.25, -0.2) is 29.5 Å². The van der Waals surface area contributed by atoms with Crippen molar-refractivity contribution in [3.05, 3.63) is 39.7 Å². The molecule has 2 fully saturated rings. The summed E-state index contributed by atoms with van der Waals surface area (Å²) in [5.74, 6) is 2.19. The highest BCUT2D eigenvalue weighted by molar-refractivity contribution is 7.19. The Morgan fingerprint density at radius 1 is 0.764 bits per heavy atom. The molecule has 0 saturated carbocycles. The number of fused-ring (bicyclic) bond motifs is 2. The third kappa shape index (κ3) is 14.6. The molecule has 2 aliphatic rings. The molecule has 0 bridgehead atoms. The van der Waals surface area contributed by atoms with Crippen molar-refractivity contribution in [2.45, 2.75) is 131 Å². The van der Waals surface area contributed by atoms with Gasteiger partial charge >= 0.3 is 12.2 Å². The molecule has 304 valence electrons. The lowest BCUT2D eigenvalue weighted by Gasteiger charge is -2.33. The Kier molecular flexibility index (Phi) is 15.9. The Labute approximate surface area is 339 Å². The minimum absolute atomic E-state index is 0.218. The van der Waals surface area contributed by atoms with Crippen LogP contribution in [0.5, 0.6) is 0 Å². The predicted molar refractivity (Wildman–Crippen MR) is 226 cm³/mol. The number of hydrogen-bond donors (Lipinski definition) is 2. The lowest BCUT2D eigenvalue weighted by atomic mass is 10.1. The summed E-state index contributed by atoms with van der Waals surface area (Å²) in [5.41, 5.74) is 4.89. The van der Waals surface area contributed by atoms with E-state index in [2.05, 4.69) is 65.1 Å². The van der Waals surface area contributed by atoms with Gasteiger partial charge in [0.2, 0.25) is 0 Å². The molecule has 6 heterocycles. The zero-order chi connectivity index (χ0) is 40.5. The molecular formula is C40H61ClN8O4S2. The second-order valence-electron chi connectivity index (χ2n) is 17.1. The Bertz CT molecular complexity index is 1840. The van der Waals surface area contributed by atoms with E-state index in [1.54, 1.807) is 38.8 Å². The maximum atomic E-state index is 12.2. The molecule has 6 rings (SSSR count). The Morgan fingerprint density at radius 2 is 1.20 bits per heavy atom. The first kappa shape index (κ1) is 44.4. The van der Waals surface area contributed by atoms with E-state index in [-0.39, 0.29) is 18.2 Å². The molecule has 0 unspecified atom stereocenters. The fourth-order valence-electron chi connectivity index (χ4n) is 6.04. The number of aromatic nitrogens is 4. The number of nitrogens with one attached hydrogen (secondary N) is 1. The number of nitrogens with two attached hydrogens (primary N) is 1. The van der Waals surface area contributed by atoms with Crippen molar-refractivity contribution >= 4 is 72.7 Å². The van der Waals surface area contributed by atoms with Gasteiger partial charge in [0.25, 0.3) is 0 Å². The molecule has 55 heavy (non-hydrogen) atoms. The highest BCUT2D eigenvalue weighted by Crippen LogP contribution is 2.31. The monoisotopic (exact) mass is 816 g/mol. The van der Waals surface area contributed by atoms with Gasteiger partial charge in [-0.15, -0.1) is 22.7 Å².